The average molecular weight is 348 g/mol. The monoisotopic (exact) mass is 348 g/mol. The van der Waals surface area contributed by atoms with Gasteiger partial charge < -0.3 is 9.15 Å². The Hall–Kier alpha value is -2.59. The van der Waals surface area contributed by atoms with Crippen LogP contribution in [0.5, 0.6) is 5.75 Å². The molecule has 0 N–H and O–H groups in total. The highest BCUT2D eigenvalue weighted by molar-refractivity contribution is 5.53. The maximum absolute atomic E-state index is 5.72. The summed E-state index contributed by atoms with van der Waals surface area (Å²) in [5.41, 5.74) is 4.58. The van der Waals surface area contributed by atoms with Crippen LogP contribution in [-0.4, -0.2) is 23.5 Å². The predicted octanol–water partition coefficient (Wildman–Crippen LogP) is 5.00. The molecule has 134 valence electrons. The molecule has 26 heavy (non-hydrogen) atoms. The van der Waals surface area contributed by atoms with Gasteiger partial charge in [-0.05, 0) is 56.1 Å². The van der Waals surface area contributed by atoms with Crippen molar-refractivity contribution >= 4 is 0 Å². The van der Waals surface area contributed by atoms with E-state index in [1.807, 2.05) is 12.1 Å². The number of hydrogen-bond acceptors (Lipinski definition) is 4. The Kier molecular flexibility index (Phi) is 4.76. The van der Waals surface area contributed by atoms with E-state index < -0.39 is 0 Å². The van der Waals surface area contributed by atoms with E-state index in [1.54, 1.807) is 13.4 Å². The lowest BCUT2D eigenvalue weighted by Crippen LogP contribution is -2.22. The fourth-order valence-corrected chi connectivity index (χ4v) is 3.64. The molecular weight excluding hydrogens is 324 g/mol. The molecule has 4 heteroatoms. The Bertz CT molecular complexity index is 853. The number of nitrogens with zero attached hydrogens (tertiary/aromatic N) is 2. The van der Waals surface area contributed by atoms with Crippen molar-refractivity contribution in [1.29, 1.82) is 0 Å². The van der Waals surface area contributed by atoms with Crippen molar-refractivity contribution in [3.8, 4) is 17.2 Å². The van der Waals surface area contributed by atoms with Crippen LogP contribution < -0.4 is 4.74 Å². The van der Waals surface area contributed by atoms with Gasteiger partial charge in [-0.2, -0.15) is 0 Å². The normalized spacial score (nSPS) is 17.5. The molecule has 0 bridgehead atoms. The maximum Gasteiger partial charge on any atom is 0.226 e. The van der Waals surface area contributed by atoms with Crippen molar-refractivity contribution in [3.05, 3.63) is 71.6 Å². The van der Waals surface area contributed by atoms with Crippen LogP contribution in [0.15, 0.2) is 59.2 Å². The van der Waals surface area contributed by atoms with Gasteiger partial charge >= 0.3 is 0 Å². The molecule has 2 heterocycles. The van der Waals surface area contributed by atoms with Crippen molar-refractivity contribution in [2.75, 3.05) is 13.7 Å². The van der Waals surface area contributed by atoms with Crippen molar-refractivity contribution in [2.45, 2.75) is 32.4 Å². The van der Waals surface area contributed by atoms with Crippen LogP contribution >= 0.6 is 0 Å². The highest BCUT2D eigenvalue weighted by atomic mass is 16.5. The minimum Gasteiger partial charge on any atom is -0.497 e. The van der Waals surface area contributed by atoms with Crippen LogP contribution in [0.3, 0.4) is 0 Å². The molecule has 0 spiro atoms. The topological polar surface area (TPSA) is 38.5 Å². The van der Waals surface area contributed by atoms with E-state index in [4.69, 9.17) is 14.1 Å². The van der Waals surface area contributed by atoms with E-state index >= 15 is 0 Å². The summed E-state index contributed by atoms with van der Waals surface area (Å²) in [6.07, 6.45) is 4.17. The molecule has 2 aromatic carbocycles. The highest BCUT2D eigenvalue weighted by Gasteiger charge is 2.26. The number of oxazole rings is 1. The lowest BCUT2D eigenvalue weighted by molar-refractivity contribution is 0.245. The third-order valence-corrected chi connectivity index (χ3v) is 5.08. The van der Waals surface area contributed by atoms with Gasteiger partial charge in [-0.15, -0.1) is 0 Å². The Balaban J connectivity index is 1.48. The van der Waals surface area contributed by atoms with Crippen LogP contribution in [0.1, 0.15) is 35.7 Å². The summed E-state index contributed by atoms with van der Waals surface area (Å²) < 4.78 is 11.0. The van der Waals surface area contributed by atoms with E-state index in [0.29, 0.717) is 11.9 Å². The second kappa shape index (κ2) is 7.34. The van der Waals surface area contributed by atoms with Crippen molar-refractivity contribution in [2.24, 2.45) is 0 Å². The van der Waals surface area contributed by atoms with Crippen molar-refractivity contribution < 1.29 is 9.15 Å². The number of rotatable bonds is 5. The van der Waals surface area contributed by atoms with Crippen LogP contribution in [0.4, 0.5) is 0 Å². The van der Waals surface area contributed by atoms with E-state index in [-0.39, 0.29) is 0 Å². The number of benzene rings is 2. The number of ether oxygens (including phenoxy) is 1. The summed E-state index contributed by atoms with van der Waals surface area (Å²) in [5.74, 6) is 1.60. The molecule has 0 aliphatic carbocycles. The van der Waals surface area contributed by atoms with E-state index in [2.05, 4.69) is 48.2 Å². The van der Waals surface area contributed by atoms with E-state index in [9.17, 15) is 0 Å². The number of aromatic nitrogens is 1. The summed E-state index contributed by atoms with van der Waals surface area (Å²) in [6, 6.07) is 17.1. The standard InChI is InChI=1S/C22H24N2O2/c1-16-5-7-18(8-6-16)22-23-19(15-26-22)14-24-13-3-4-21(24)17-9-11-20(25-2)12-10-17/h5-12,15,21H,3-4,13-14H2,1-2H3. The SMILES string of the molecule is COc1ccc(C2CCCN2Cc2coc(-c3ccc(C)cc3)n2)cc1. The molecule has 1 unspecified atom stereocenters. The Morgan fingerprint density at radius 2 is 1.88 bits per heavy atom. The summed E-state index contributed by atoms with van der Waals surface area (Å²) in [5, 5.41) is 0. The second-order valence-electron chi connectivity index (χ2n) is 6.91. The quantitative estimate of drug-likeness (QED) is 0.651. The summed E-state index contributed by atoms with van der Waals surface area (Å²) in [7, 11) is 1.70. The van der Waals surface area contributed by atoms with Gasteiger partial charge in [0.1, 0.15) is 12.0 Å². The third-order valence-electron chi connectivity index (χ3n) is 5.08. The number of likely N-dealkylation sites (tertiary alicyclic amines) is 1. The number of methoxy groups -OCH3 is 1. The zero-order chi connectivity index (χ0) is 17.9. The Labute approximate surface area is 154 Å². The van der Waals surface area contributed by atoms with E-state index in [0.717, 1.165) is 30.1 Å². The molecule has 1 aliphatic heterocycles. The van der Waals surface area contributed by atoms with Gasteiger partial charge in [0.15, 0.2) is 0 Å². The first kappa shape index (κ1) is 16.9. The van der Waals surface area contributed by atoms with Crippen LogP contribution in [0.2, 0.25) is 0 Å². The molecule has 4 rings (SSSR count). The average Bonchev–Trinajstić information content (AvgIpc) is 3.33. The maximum atomic E-state index is 5.72. The Morgan fingerprint density at radius 1 is 1.12 bits per heavy atom. The summed E-state index contributed by atoms with van der Waals surface area (Å²) in [6.45, 7) is 3.98. The minimum absolute atomic E-state index is 0.431. The lowest BCUT2D eigenvalue weighted by atomic mass is 10.0. The first-order valence-electron chi connectivity index (χ1n) is 9.12. The minimum atomic E-state index is 0.431. The highest BCUT2D eigenvalue weighted by Crippen LogP contribution is 2.34. The second-order valence-corrected chi connectivity index (χ2v) is 6.91. The third kappa shape index (κ3) is 3.51. The van der Waals surface area contributed by atoms with Gasteiger partial charge in [0.25, 0.3) is 0 Å². The Morgan fingerprint density at radius 3 is 2.62 bits per heavy atom. The molecule has 4 nitrogen and oxygen atoms in total. The molecule has 1 aromatic heterocycles. The zero-order valence-electron chi connectivity index (χ0n) is 15.3. The molecule has 1 fully saturated rings. The molecule has 1 aliphatic rings. The number of hydrogen-bond donors (Lipinski definition) is 0. The first-order valence-corrected chi connectivity index (χ1v) is 9.12. The molecule has 0 radical (unpaired) electrons. The zero-order valence-corrected chi connectivity index (χ0v) is 15.3. The fourth-order valence-electron chi connectivity index (χ4n) is 3.64. The first-order chi connectivity index (χ1) is 12.7. The van der Waals surface area contributed by atoms with Gasteiger partial charge in [-0.25, -0.2) is 4.98 Å². The van der Waals surface area contributed by atoms with Crippen molar-refractivity contribution in [3.63, 3.8) is 0 Å². The molecule has 0 amide bonds. The van der Waals surface area contributed by atoms with Crippen LogP contribution in [0, 0.1) is 6.92 Å². The molecule has 1 atom stereocenters. The lowest BCUT2D eigenvalue weighted by Gasteiger charge is -2.23. The molecule has 1 saturated heterocycles. The summed E-state index contributed by atoms with van der Waals surface area (Å²) in [4.78, 5) is 7.19. The smallest absolute Gasteiger partial charge is 0.226 e. The van der Waals surface area contributed by atoms with Gasteiger partial charge in [0.05, 0.1) is 12.8 Å². The fraction of sp³-hybridized carbons (Fsp3) is 0.318. The van der Waals surface area contributed by atoms with Gasteiger partial charge in [-0.3, -0.25) is 4.90 Å². The largest absolute Gasteiger partial charge is 0.497 e. The van der Waals surface area contributed by atoms with Gasteiger partial charge in [-0.1, -0.05) is 29.8 Å². The molecule has 0 saturated carbocycles. The molecular formula is C22H24N2O2. The van der Waals surface area contributed by atoms with Crippen LogP contribution in [0.25, 0.3) is 11.5 Å². The van der Waals surface area contributed by atoms with Gasteiger partial charge in [0, 0.05) is 18.2 Å². The number of aryl methyl sites for hydroxylation is 1. The predicted molar refractivity (Wildman–Crippen MR) is 102 cm³/mol. The van der Waals surface area contributed by atoms with Gasteiger partial charge in [0.2, 0.25) is 5.89 Å². The summed E-state index contributed by atoms with van der Waals surface area (Å²) >= 11 is 0. The van der Waals surface area contributed by atoms with Crippen molar-refractivity contribution in [1.82, 2.24) is 9.88 Å². The van der Waals surface area contributed by atoms with E-state index in [1.165, 1.54) is 24.0 Å². The molecule has 3 aromatic rings. The van der Waals surface area contributed by atoms with Crippen LogP contribution in [-0.2, 0) is 6.54 Å².